The van der Waals surface area contributed by atoms with Gasteiger partial charge in [0.05, 0.1) is 20.3 Å². The van der Waals surface area contributed by atoms with Crippen molar-refractivity contribution in [2.24, 2.45) is 0 Å². The number of hydrogen-bond acceptors (Lipinski definition) is 4. The minimum Gasteiger partial charge on any atom is -0.378 e. The Labute approximate surface area is 71.6 Å². The molecule has 1 N–H and O–H groups in total. The molecule has 0 aromatic carbocycles. The van der Waals surface area contributed by atoms with Crippen LogP contribution >= 0.6 is 0 Å². The molecular weight excluding hydrogens is 160 g/mol. The second-order valence-electron chi connectivity index (χ2n) is 2.60. The van der Waals surface area contributed by atoms with E-state index in [-0.39, 0.29) is 11.9 Å². The zero-order chi connectivity index (χ0) is 8.97. The maximum Gasteiger partial charge on any atom is 0.265 e. The summed E-state index contributed by atoms with van der Waals surface area (Å²) in [5.41, 5.74) is 0. The van der Waals surface area contributed by atoms with Gasteiger partial charge in [0.2, 0.25) is 0 Å². The Bertz CT molecular complexity index is 157. The molecule has 1 fully saturated rings. The zero-order valence-electron chi connectivity index (χ0n) is 7.37. The number of hydroxylamine groups is 2. The molecule has 70 valence electrons. The highest BCUT2D eigenvalue weighted by atomic mass is 16.7. The summed E-state index contributed by atoms with van der Waals surface area (Å²) in [7, 11) is 3.04. The van der Waals surface area contributed by atoms with Gasteiger partial charge in [-0.1, -0.05) is 0 Å². The summed E-state index contributed by atoms with van der Waals surface area (Å²) in [5, 5.41) is 4.24. The molecule has 1 amide bonds. The van der Waals surface area contributed by atoms with Gasteiger partial charge in [-0.15, -0.1) is 0 Å². The molecule has 1 heterocycles. The van der Waals surface area contributed by atoms with Crippen LogP contribution in [0.25, 0.3) is 0 Å². The SMILES string of the molecule is CON(C)C(=O)C1COCCN1. The average molecular weight is 174 g/mol. The Morgan fingerprint density at radius 1 is 1.75 bits per heavy atom. The molecule has 1 atom stereocenters. The number of hydrogen-bond donors (Lipinski definition) is 1. The Morgan fingerprint density at radius 2 is 2.50 bits per heavy atom. The second kappa shape index (κ2) is 4.39. The molecule has 0 radical (unpaired) electrons. The topological polar surface area (TPSA) is 50.8 Å². The third kappa shape index (κ3) is 2.17. The molecule has 0 aromatic heterocycles. The summed E-state index contributed by atoms with van der Waals surface area (Å²) < 4.78 is 5.13. The maximum absolute atomic E-state index is 11.4. The Morgan fingerprint density at radius 3 is 3.00 bits per heavy atom. The number of nitrogens with zero attached hydrogens (tertiary/aromatic N) is 1. The minimum absolute atomic E-state index is 0.0998. The largest absolute Gasteiger partial charge is 0.378 e. The molecule has 1 aliphatic heterocycles. The van der Waals surface area contributed by atoms with Crippen molar-refractivity contribution < 1.29 is 14.4 Å². The summed E-state index contributed by atoms with van der Waals surface area (Å²) in [4.78, 5) is 16.1. The number of rotatable bonds is 2. The first-order valence-corrected chi connectivity index (χ1v) is 3.88. The summed E-state index contributed by atoms with van der Waals surface area (Å²) in [5.74, 6) is -0.0998. The predicted molar refractivity (Wildman–Crippen MR) is 42.4 cm³/mol. The van der Waals surface area contributed by atoms with Crippen LogP contribution in [0.1, 0.15) is 0 Å². The summed E-state index contributed by atoms with van der Waals surface area (Å²) in [6, 6.07) is -0.260. The molecule has 1 rings (SSSR count). The molecule has 0 spiro atoms. The van der Waals surface area contributed by atoms with E-state index in [1.807, 2.05) is 0 Å². The highest BCUT2D eigenvalue weighted by Gasteiger charge is 2.24. The summed E-state index contributed by atoms with van der Waals surface area (Å²) in [6.07, 6.45) is 0. The standard InChI is InChI=1S/C7H14N2O3/c1-9(11-2)7(10)6-5-12-4-3-8-6/h6,8H,3-5H2,1-2H3. The fourth-order valence-electron chi connectivity index (χ4n) is 1.03. The number of nitrogens with one attached hydrogen (secondary N) is 1. The fourth-order valence-corrected chi connectivity index (χ4v) is 1.03. The first-order valence-electron chi connectivity index (χ1n) is 3.88. The smallest absolute Gasteiger partial charge is 0.265 e. The van der Waals surface area contributed by atoms with E-state index in [2.05, 4.69) is 5.32 Å². The maximum atomic E-state index is 11.4. The highest BCUT2D eigenvalue weighted by molar-refractivity contribution is 5.80. The van der Waals surface area contributed by atoms with Gasteiger partial charge in [-0.05, 0) is 0 Å². The van der Waals surface area contributed by atoms with E-state index in [0.29, 0.717) is 19.8 Å². The molecule has 12 heavy (non-hydrogen) atoms. The van der Waals surface area contributed by atoms with Crippen LogP contribution in [-0.2, 0) is 14.4 Å². The number of amides is 1. The summed E-state index contributed by atoms with van der Waals surface area (Å²) >= 11 is 0. The van der Waals surface area contributed by atoms with Crippen molar-refractivity contribution in [3.63, 3.8) is 0 Å². The zero-order valence-corrected chi connectivity index (χ0v) is 7.37. The molecule has 1 aliphatic rings. The van der Waals surface area contributed by atoms with Crippen molar-refractivity contribution in [1.82, 2.24) is 10.4 Å². The number of ether oxygens (including phenoxy) is 1. The average Bonchev–Trinajstić information content (AvgIpc) is 2.17. The van der Waals surface area contributed by atoms with E-state index in [4.69, 9.17) is 9.57 Å². The minimum atomic E-state index is -0.260. The molecule has 5 heteroatoms. The number of carbonyl (C=O) groups is 1. The molecule has 1 saturated heterocycles. The van der Waals surface area contributed by atoms with E-state index in [0.717, 1.165) is 0 Å². The number of morpholine rings is 1. The Hall–Kier alpha value is -0.650. The van der Waals surface area contributed by atoms with Gasteiger partial charge >= 0.3 is 0 Å². The number of carbonyl (C=O) groups excluding carboxylic acids is 1. The van der Waals surface area contributed by atoms with Crippen molar-refractivity contribution in [2.75, 3.05) is 33.9 Å². The van der Waals surface area contributed by atoms with Gasteiger partial charge in [0.15, 0.2) is 0 Å². The van der Waals surface area contributed by atoms with Crippen LogP contribution in [-0.4, -0.2) is 50.9 Å². The Balaban J connectivity index is 2.39. The van der Waals surface area contributed by atoms with Crippen LogP contribution < -0.4 is 5.32 Å². The lowest BCUT2D eigenvalue weighted by Gasteiger charge is -2.25. The van der Waals surface area contributed by atoms with E-state index in [1.54, 1.807) is 7.05 Å². The Kier molecular flexibility index (Phi) is 3.46. The molecule has 0 aliphatic carbocycles. The van der Waals surface area contributed by atoms with Gasteiger partial charge in [-0.25, -0.2) is 5.06 Å². The van der Waals surface area contributed by atoms with E-state index >= 15 is 0 Å². The van der Waals surface area contributed by atoms with Crippen molar-refractivity contribution in [3.8, 4) is 0 Å². The molecular formula is C7H14N2O3. The number of likely N-dealkylation sites (N-methyl/N-ethyl adjacent to an activating group) is 1. The second-order valence-corrected chi connectivity index (χ2v) is 2.60. The van der Waals surface area contributed by atoms with Gasteiger partial charge in [-0.2, -0.15) is 0 Å². The lowest BCUT2D eigenvalue weighted by Crippen LogP contribution is -2.51. The van der Waals surface area contributed by atoms with Crippen LogP contribution in [0, 0.1) is 0 Å². The van der Waals surface area contributed by atoms with Crippen molar-refractivity contribution in [2.45, 2.75) is 6.04 Å². The molecule has 0 saturated carbocycles. The van der Waals surface area contributed by atoms with Gasteiger partial charge in [-0.3, -0.25) is 9.63 Å². The van der Waals surface area contributed by atoms with Crippen molar-refractivity contribution in [3.05, 3.63) is 0 Å². The fraction of sp³-hybridized carbons (Fsp3) is 0.857. The van der Waals surface area contributed by atoms with Crippen LogP contribution in [0.4, 0.5) is 0 Å². The van der Waals surface area contributed by atoms with Crippen LogP contribution in [0.15, 0.2) is 0 Å². The van der Waals surface area contributed by atoms with E-state index in [1.165, 1.54) is 12.2 Å². The lowest BCUT2D eigenvalue weighted by atomic mass is 10.2. The quantitative estimate of drug-likeness (QED) is 0.545. The first-order chi connectivity index (χ1) is 5.75. The van der Waals surface area contributed by atoms with Gasteiger partial charge in [0.25, 0.3) is 5.91 Å². The van der Waals surface area contributed by atoms with Gasteiger partial charge in [0.1, 0.15) is 6.04 Å². The van der Waals surface area contributed by atoms with Crippen molar-refractivity contribution in [1.29, 1.82) is 0 Å². The van der Waals surface area contributed by atoms with Gasteiger partial charge < -0.3 is 10.1 Å². The highest BCUT2D eigenvalue weighted by Crippen LogP contribution is 1.97. The summed E-state index contributed by atoms with van der Waals surface area (Å²) in [6.45, 7) is 1.81. The van der Waals surface area contributed by atoms with Crippen LogP contribution in [0.2, 0.25) is 0 Å². The van der Waals surface area contributed by atoms with Crippen LogP contribution in [0.3, 0.4) is 0 Å². The van der Waals surface area contributed by atoms with Crippen molar-refractivity contribution >= 4 is 5.91 Å². The third-order valence-corrected chi connectivity index (χ3v) is 1.80. The third-order valence-electron chi connectivity index (χ3n) is 1.80. The monoisotopic (exact) mass is 174 g/mol. The molecule has 0 aromatic rings. The van der Waals surface area contributed by atoms with Crippen LogP contribution in [0.5, 0.6) is 0 Å². The molecule has 0 bridgehead atoms. The van der Waals surface area contributed by atoms with E-state index in [9.17, 15) is 4.79 Å². The van der Waals surface area contributed by atoms with Gasteiger partial charge in [0, 0.05) is 13.6 Å². The normalized spacial score (nSPS) is 23.7. The molecule has 1 unspecified atom stereocenters. The predicted octanol–water partition coefficient (Wildman–Crippen LogP) is -1.01. The first kappa shape index (κ1) is 9.44. The lowest BCUT2D eigenvalue weighted by molar-refractivity contribution is -0.173. The molecule has 5 nitrogen and oxygen atoms in total. The van der Waals surface area contributed by atoms with E-state index < -0.39 is 0 Å².